The molecule has 10 nitrogen and oxygen atoms in total. The van der Waals surface area contributed by atoms with Gasteiger partial charge in [0.15, 0.2) is 11.5 Å². The predicted molar refractivity (Wildman–Crippen MR) is 124 cm³/mol. The molecule has 1 aliphatic heterocycles. The highest BCUT2D eigenvalue weighted by molar-refractivity contribution is 5.88. The molecule has 37 heavy (non-hydrogen) atoms. The summed E-state index contributed by atoms with van der Waals surface area (Å²) in [6, 6.07) is 4.14. The first-order valence-electron chi connectivity index (χ1n) is 11.8. The van der Waals surface area contributed by atoms with Crippen molar-refractivity contribution in [3.63, 3.8) is 0 Å². The molecule has 0 aromatic carbocycles. The third-order valence-electron chi connectivity index (χ3n) is 6.96. The largest absolute Gasteiger partial charge is 0.382 e. The molecular weight excluding hydrogens is 499 g/mol. The first-order chi connectivity index (χ1) is 17.7. The van der Waals surface area contributed by atoms with Crippen LogP contribution in [-0.4, -0.2) is 83.2 Å². The smallest absolute Gasteiger partial charge is 0.258 e. The van der Waals surface area contributed by atoms with Gasteiger partial charge in [0.05, 0.1) is 11.7 Å². The van der Waals surface area contributed by atoms with Crippen LogP contribution in [0.2, 0.25) is 0 Å². The van der Waals surface area contributed by atoms with E-state index in [0.717, 1.165) is 4.68 Å². The lowest BCUT2D eigenvalue weighted by Crippen LogP contribution is -2.57. The Morgan fingerprint density at radius 2 is 1.97 bits per heavy atom. The number of hydrogen-bond acceptors (Lipinski definition) is 8. The van der Waals surface area contributed by atoms with Gasteiger partial charge in [-0.3, -0.25) is 4.90 Å². The van der Waals surface area contributed by atoms with E-state index in [-0.39, 0.29) is 42.8 Å². The van der Waals surface area contributed by atoms with Crippen LogP contribution >= 0.6 is 0 Å². The maximum atomic E-state index is 14.9. The minimum atomic E-state index is -2.65. The topological polar surface area (TPSA) is 115 Å². The number of rotatable bonds is 6. The summed E-state index contributed by atoms with van der Waals surface area (Å²) in [5, 5.41) is 15.0. The molecule has 5 heterocycles. The summed E-state index contributed by atoms with van der Waals surface area (Å²) in [6.07, 6.45) is -2.30. The van der Waals surface area contributed by atoms with Gasteiger partial charge in [0.25, 0.3) is 12.3 Å². The fraction of sp³-hybridized carbons (Fsp3) is 0.500. The Morgan fingerprint density at radius 3 is 2.70 bits per heavy atom. The molecule has 1 saturated carbocycles. The minimum absolute atomic E-state index is 0.0644. The molecule has 4 aromatic heterocycles. The van der Waals surface area contributed by atoms with Crippen LogP contribution in [0, 0.1) is 0 Å². The molecule has 0 spiro atoms. The van der Waals surface area contributed by atoms with Crippen molar-refractivity contribution in [2.24, 2.45) is 0 Å². The predicted octanol–water partition coefficient (Wildman–Crippen LogP) is 3.01. The van der Waals surface area contributed by atoms with Gasteiger partial charge in [-0.15, -0.1) is 10.2 Å². The Morgan fingerprint density at radius 1 is 1.16 bits per heavy atom. The van der Waals surface area contributed by atoms with Gasteiger partial charge in [0.2, 0.25) is 5.95 Å². The molecule has 2 fully saturated rings. The monoisotopic (exact) mass is 522 g/mol. The fourth-order valence-electron chi connectivity index (χ4n) is 5.05. The summed E-state index contributed by atoms with van der Waals surface area (Å²) >= 11 is 0. The number of anilines is 2. The average molecular weight is 522 g/mol. The lowest BCUT2D eigenvalue weighted by Gasteiger charge is -2.46. The van der Waals surface area contributed by atoms with Gasteiger partial charge in [-0.05, 0) is 24.6 Å². The van der Waals surface area contributed by atoms with Crippen LogP contribution in [-0.2, 0) is 6.54 Å². The van der Waals surface area contributed by atoms with Gasteiger partial charge < -0.3 is 11.1 Å². The molecule has 0 bridgehead atoms. The Kier molecular flexibility index (Phi) is 5.62. The van der Waals surface area contributed by atoms with Crippen molar-refractivity contribution in [1.29, 1.82) is 0 Å². The van der Waals surface area contributed by atoms with Crippen LogP contribution in [0.4, 0.5) is 33.7 Å². The Hall–Kier alpha value is -3.62. The first kappa shape index (κ1) is 23.8. The molecule has 2 unspecified atom stereocenters. The summed E-state index contributed by atoms with van der Waals surface area (Å²) in [7, 11) is 0. The molecule has 2 atom stereocenters. The molecule has 0 radical (unpaired) electrons. The van der Waals surface area contributed by atoms with E-state index in [4.69, 9.17) is 5.73 Å². The maximum absolute atomic E-state index is 14.9. The zero-order valence-electron chi connectivity index (χ0n) is 19.4. The van der Waals surface area contributed by atoms with Crippen molar-refractivity contribution in [2.45, 2.75) is 56.4 Å². The number of aromatic nitrogens is 7. The number of likely N-dealkylation sites (tertiary alicyclic amines) is 1. The van der Waals surface area contributed by atoms with Crippen LogP contribution in [0.1, 0.15) is 19.3 Å². The van der Waals surface area contributed by atoms with Crippen molar-refractivity contribution in [3.8, 4) is 11.3 Å². The van der Waals surface area contributed by atoms with E-state index in [0.29, 0.717) is 35.3 Å². The van der Waals surface area contributed by atoms with E-state index in [1.54, 1.807) is 29.3 Å². The Balaban J connectivity index is 1.21. The van der Waals surface area contributed by atoms with E-state index >= 15 is 0 Å². The summed E-state index contributed by atoms with van der Waals surface area (Å²) in [6.45, 7) is -0.0737. The molecule has 4 aromatic rings. The highest BCUT2D eigenvalue weighted by atomic mass is 19.3. The zero-order chi connectivity index (χ0) is 25.9. The highest BCUT2D eigenvalue weighted by Crippen LogP contribution is 2.41. The van der Waals surface area contributed by atoms with Crippen molar-refractivity contribution in [3.05, 3.63) is 24.4 Å². The van der Waals surface area contributed by atoms with E-state index in [1.165, 1.54) is 4.52 Å². The summed E-state index contributed by atoms with van der Waals surface area (Å²) in [5.41, 5.74) is 8.29. The standard InChI is InChI=1S/C22H23F5N10/c23-13-9-35(11-7-22(26,27)8-11)5-4-15(13)30-21-31-19(28)18-12(3-6-36(18)33-21)14-1-2-16-20(29-14)37(34-32-16)10-17(24)25/h1-3,6,11,13,15,17H,4-5,7-10H2,(H3,28,30,31,33). The van der Waals surface area contributed by atoms with Gasteiger partial charge >= 0.3 is 0 Å². The number of piperidine rings is 1. The van der Waals surface area contributed by atoms with E-state index in [9.17, 15) is 22.0 Å². The van der Waals surface area contributed by atoms with Crippen LogP contribution in [0.25, 0.3) is 27.9 Å². The molecular formula is C22H23F5N10. The number of nitrogen functional groups attached to an aromatic ring is 1. The first-order valence-corrected chi connectivity index (χ1v) is 11.8. The normalized spacial score (nSPS) is 22.6. The lowest BCUT2D eigenvalue weighted by atomic mass is 9.85. The summed E-state index contributed by atoms with van der Waals surface area (Å²) in [5.74, 6) is -2.40. The number of hydrogen-bond donors (Lipinski definition) is 2. The highest BCUT2D eigenvalue weighted by Gasteiger charge is 2.49. The van der Waals surface area contributed by atoms with Gasteiger partial charge in [0.1, 0.15) is 23.7 Å². The molecule has 196 valence electrons. The quantitative estimate of drug-likeness (QED) is 0.372. The fourth-order valence-corrected chi connectivity index (χ4v) is 5.05. The van der Waals surface area contributed by atoms with E-state index < -0.39 is 31.1 Å². The van der Waals surface area contributed by atoms with Gasteiger partial charge in [-0.2, -0.15) is 4.98 Å². The number of nitrogens with one attached hydrogen (secondary N) is 1. The van der Waals surface area contributed by atoms with Crippen molar-refractivity contribution >= 4 is 28.4 Å². The van der Waals surface area contributed by atoms with Crippen LogP contribution in [0.5, 0.6) is 0 Å². The third kappa shape index (κ3) is 4.40. The van der Waals surface area contributed by atoms with E-state index in [2.05, 4.69) is 30.7 Å². The summed E-state index contributed by atoms with van der Waals surface area (Å²) in [4.78, 5) is 10.5. The van der Waals surface area contributed by atoms with Crippen LogP contribution < -0.4 is 11.1 Å². The molecule has 2 aliphatic rings. The molecule has 6 rings (SSSR count). The van der Waals surface area contributed by atoms with Crippen molar-refractivity contribution in [1.82, 2.24) is 39.5 Å². The molecule has 3 N–H and O–H groups in total. The second-order valence-corrected chi connectivity index (χ2v) is 9.51. The van der Waals surface area contributed by atoms with Crippen molar-refractivity contribution < 1.29 is 22.0 Å². The number of alkyl halides is 5. The molecule has 0 amide bonds. The third-order valence-corrected chi connectivity index (χ3v) is 6.96. The van der Waals surface area contributed by atoms with Gasteiger partial charge in [-0.25, -0.2) is 36.1 Å². The number of nitrogens with zero attached hydrogens (tertiary/aromatic N) is 8. The number of halogens is 5. The van der Waals surface area contributed by atoms with Crippen LogP contribution in [0.15, 0.2) is 24.4 Å². The number of fused-ring (bicyclic) bond motifs is 2. The number of nitrogens with two attached hydrogens (primary N) is 1. The second kappa shape index (κ2) is 8.75. The van der Waals surface area contributed by atoms with E-state index in [1.807, 2.05) is 0 Å². The lowest BCUT2D eigenvalue weighted by molar-refractivity contribution is -0.131. The summed E-state index contributed by atoms with van der Waals surface area (Å²) < 4.78 is 69.6. The molecule has 1 saturated heterocycles. The molecule has 15 heteroatoms. The van der Waals surface area contributed by atoms with Gasteiger partial charge in [0, 0.05) is 43.7 Å². The van der Waals surface area contributed by atoms with Gasteiger partial charge in [-0.1, -0.05) is 5.21 Å². The maximum Gasteiger partial charge on any atom is 0.258 e. The van der Waals surface area contributed by atoms with Crippen LogP contribution in [0.3, 0.4) is 0 Å². The second-order valence-electron chi connectivity index (χ2n) is 9.51. The zero-order valence-corrected chi connectivity index (χ0v) is 19.4. The SMILES string of the molecule is Nc1nc(NC2CCN(C3CC(F)(F)C3)CC2F)nn2ccc(-c3ccc4nnn(CC(F)F)c4n3)c12. The Bertz CT molecular complexity index is 1440. The van der Waals surface area contributed by atoms with Crippen molar-refractivity contribution in [2.75, 3.05) is 24.1 Å². The number of pyridine rings is 1. The molecule has 1 aliphatic carbocycles. The minimum Gasteiger partial charge on any atom is -0.382 e. The average Bonchev–Trinajstić information content (AvgIpc) is 3.43. The Labute approximate surface area is 206 Å².